The lowest BCUT2D eigenvalue weighted by atomic mass is 9.81. The Labute approximate surface area is 160 Å². The number of ether oxygens (including phenoxy) is 4. The Bertz CT molecular complexity index is 624. The lowest BCUT2D eigenvalue weighted by Crippen LogP contribution is -2.62. The first-order valence-electron chi connectivity index (χ1n) is 8.92. The summed E-state index contributed by atoms with van der Waals surface area (Å²) in [6.45, 7) is 2.04. The zero-order valence-corrected chi connectivity index (χ0v) is 15.4. The molecule has 1 aliphatic carbocycles. The molecule has 0 aromatic carbocycles. The second-order valence-corrected chi connectivity index (χ2v) is 7.63. The van der Waals surface area contributed by atoms with E-state index in [4.69, 9.17) is 18.9 Å². The molecule has 6 N–H and O–H groups in total. The number of hydrogen-bond donors (Lipinski definition) is 6. The SMILES string of the molecule is CC(=O)O[C@@]1(C)C[C@H](O)[C@]2(O)C=CO[C@@H](O[C@@H]3O[C@H](CO)[C@@H](O)[C@H](O)[C@H]3O)[C@@H]21. The van der Waals surface area contributed by atoms with Crippen molar-refractivity contribution in [3.8, 4) is 0 Å². The van der Waals surface area contributed by atoms with Gasteiger partial charge in [0.15, 0.2) is 6.29 Å². The minimum absolute atomic E-state index is 0.101. The zero-order chi connectivity index (χ0) is 20.9. The van der Waals surface area contributed by atoms with Crippen molar-refractivity contribution < 1.29 is 54.4 Å². The maximum Gasteiger partial charge on any atom is 0.303 e. The molecule has 28 heavy (non-hydrogen) atoms. The molecule has 11 nitrogen and oxygen atoms in total. The van der Waals surface area contributed by atoms with E-state index in [0.717, 1.165) is 6.26 Å². The molecule has 10 atom stereocenters. The van der Waals surface area contributed by atoms with E-state index in [9.17, 15) is 35.4 Å². The molecule has 0 bridgehead atoms. The maximum absolute atomic E-state index is 11.6. The third-order valence-corrected chi connectivity index (χ3v) is 5.60. The van der Waals surface area contributed by atoms with Gasteiger partial charge in [-0.2, -0.15) is 0 Å². The van der Waals surface area contributed by atoms with Gasteiger partial charge in [-0.15, -0.1) is 0 Å². The second-order valence-electron chi connectivity index (χ2n) is 7.63. The van der Waals surface area contributed by atoms with Gasteiger partial charge in [0.2, 0.25) is 6.29 Å². The van der Waals surface area contributed by atoms with Crippen molar-refractivity contribution in [2.75, 3.05) is 6.61 Å². The Kier molecular flexibility index (Phi) is 5.73. The Hall–Kier alpha value is -1.31. The van der Waals surface area contributed by atoms with Gasteiger partial charge >= 0.3 is 5.97 Å². The first kappa shape index (κ1) is 21.4. The van der Waals surface area contributed by atoms with Crippen LogP contribution in [0.4, 0.5) is 0 Å². The summed E-state index contributed by atoms with van der Waals surface area (Å²) in [4.78, 5) is 11.6. The number of aliphatic hydroxyl groups excluding tert-OH is 5. The van der Waals surface area contributed by atoms with Gasteiger partial charge in [0, 0.05) is 13.3 Å². The van der Waals surface area contributed by atoms with E-state index in [1.807, 2.05) is 0 Å². The Morgan fingerprint density at radius 1 is 1.18 bits per heavy atom. The number of rotatable bonds is 4. The van der Waals surface area contributed by atoms with Crippen LogP contribution in [-0.4, -0.2) is 97.5 Å². The lowest BCUT2D eigenvalue weighted by molar-refractivity contribution is -0.351. The molecule has 0 radical (unpaired) electrons. The van der Waals surface area contributed by atoms with Crippen LogP contribution in [0, 0.1) is 5.92 Å². The van der Waals surface area contributed by atoms with Gasteiger partial charge in [0.1, 0.15) is 35.6 Å². The van der Waals surface area contributed by atoms with Gasteiger partial charge in [0.05, 0.1) is 24.9 Å². The van der Waals surface area contributed by atoms with E-state index >= 15 is 0 Å². The van der Waals surface area contributed by atoms with Crippen molar-refractivity contribution in [1.29, 1.82) is 0 Å². The Morgan fingerprint density at radius 2 is 1.86 bits per heavy atom. The van der Waals surface area contributed by atoms with Gasteiger partial charge in [-0.3, -0.25) is 4.79 Å². The zero-order valence-electron chi connectivity index (χ0n) is 15.4. The predicted octanol–water partition coefficient (Wildman–Crippen LogP) is -2.89. The first-order valence-corrected chi connectivity index (χ1v) is 8.92. The molecular weight excluding hydrogens is 380 g/mol. The lowest BCUT2D eigenvalue weighted by Gasteiger charge is -2.45. The van der Waals surface area contributed by atoms with Crippen molar-refractivity contribution in [1.82, 2.24) is 0 Å². The summed E-state index contributed by atoms with van der Waals surface area (Å²) >= 11 is 0. The molecule has 0 amide bonds. The average molecular weight is 406 g/mol. The molecule has 1 saturated carbocycles. The minimum atomic E-state index is -1.85. The fourth-order valence-corrected chi connectivity index (χ4v) is 4.25. The van der Waals surface area contributed by atoms with Crippen molar-refractivity contribution in [2.24, 2.45) is 5.92 Å². The van der Waals surface area contributed by atoms with Gasteiger partial charge < -0.3 is 49.6 Å². The van der Waals surface area contributed by atoms with Crippen LogP contribution in [-0.2, 0) is 23.7 Å². The Balaban J connectivity index is 1.87. The van der Waals surface area contributed by atoms with Crippen LogP contribution in [0.5, 0.6) is 0 Å². The van der Waals surface area contributed by atoms with Crippen LogP contribution in [0.15, 0.2) is 12.3 Å². The second kappa shape index (κ2) is 7.50. The molecule has 11 heteroatoms. The normalized spacial score (nSPS) is 50.7. The number of fused-ring (bicyclic) bond motifs is 1. The highest BCUT2D eigenvalue weighted by atomic mass is 16.8. The van der Waals surface area contributed by atoms with Gasteiger partial charge in [-0.05, 0) is 13.0 Å². The molecule has 0 unspecified atom stereocenters. The topological polar surface area (TPSA) is 175 Å². The summed E-state index contributed by atoms with van der Waals surface area (Å²) < 4.78 is 21.7. The van der Waals surface area contributed by atoms with Crippen molar-refractivity contribution in [3.05, 3.63) is 12.3 Å². The molecule has 0 aromatic heterocycles. The summed E-state index contributed by atoms with van der Waals surface area (Å²) in [6.07, 6.45) is -8.06. The number of hydrogen-bond acceptors (Lipinski definition) is 11. The quantitative estimate of drug-likeness (QED) is 0.264. The van der Waals surface area contributed by atoms with E-state index in [0.29, 0.717) is 0 Å². The van der Waals surface area contributed by atoms with Crippen LogP contribution in [0.2, 0.25) is 0 Å². The van der Waals surface area contributed by atoms with Gasteiger partial charge in [-0.25, -0.2) is 0 Å². The van der Waals surface area contributed by atoms with Crippen molar-refractivity contribution in [3.63, 3.8) is 0 Å². The van der Waals surface area contributed by atoms with Crippen LogP contribution in [0.1, 0.15) is 20.3 Å². The van der Waals surface area contributed by atoms with E-state index in [2.05, 4.69) is 0 Å². The van der Waals surface area contributed by atoms with E-state index in [1.54, 1.807) is 0 Å². The molecule has 3 rings (SSSR count). The highest BCUT2D eigenvalue weighted by molar-refractivity contribution is 5.66. The van der Waals surface area contributed by atoms with Crippen LogP contribution >= 0.6 is 0 Å². The van der Waals surface area contributed by atoms with Crippen LogP contribution in [0.3, 0.4) is 0 Å². The van der Waals surface area contributed by atoms with Gasteiger partial charge in [-0.1, -0.05) is 0 Å². The smallest absolute Gasteiger partial charge is 0.303 e. The monoisotopic (exact) mass is 406 g/mol. The summed E-state index contributed by atoms with van der Waals surface area (Å²) in [6, 6.07) is 0. The molecule has 2 aliphatic heterocycles. The third-order valence-electron chi connectivity index (χ3n) is 5.60. The van der Waals surface area contributed by atoms with Gasteiger partial charge in [0.25, 0.3) is 0 Å². The van der Waals surface area contributed by atoms with E-state index in [1.165, 1.54) is 19.9 Å². The molecule has 3 aliphatic rings. The number of carbonyl (C=O) groups is 1. The average Bonchev–Trinajstić information content (AvgIpc) is 2.81. The van der Waals surface area contributed by atoms with E-state index < -0.39 is 72.8 Å². The minimum Gasteiger partial charge on any atom is -0.472 e. The van der Waals surface area contributed by atoms with Crippen molar-refractivity contribution in [2.45, 2.75) is 74.6 Å². The first-order chi connectivity index (χ1) is 13.0. The molecular formula is C17H26O11. The molecule has 2 heterocycles. The van der Waals surface area contributed by atoms with Crippen LogP contribution in [0.25, 0.3) is 0 Å². The summed E-state index contributed by atoms with van der Waals surface area (Å²) in [7, 11) is 0. The number of carbonyl (C=O) groups excluding carboxylic acids is 1. The molecule has 160 valence electrons. The Morgan fingerprint density at radius 3 is 2.46 bits per heavy atom. The standard InChI is InChI=1S/C17H26O11/c1-7(19)28-16(2)5-9(20)17(24)3-4-25-15(13(16)17)27-14-12(23)11(22)10(21)8(6-18)26-14/h3-4,8-15,18,20-24H,5-6H2,1-2H3/t8-,9+,10-,11+,12-,13-,14+,15+,16+,17-/m1/s1. The summed E-state index contributed by atoms with van der Waals surface area (Å²) in [5.41, 5.74) is -3.22. The highest BCUT2D eigenvalue weighted by Gasteiger charge is 2.66. The molecule has 2 fully saturated rings. The van der Waals surface area contributed by atoms with Crippen molar-refractivity contribution >= 4 is 5.97 Å². The third kappa shape index (κ3) is 3.42. The van der Waals surface area contributed by atoms with Crippen LogP contribution < -0.4 is 0 Å². The largest absolute Gasteiger partial charge is 0.472 e. The van der Waals surface area contributed by atoms with E-state index in [-0.39, 0.29) is 6.42 Å². The maximum atomic E-state index is 11.6. The highest BCUT2D eigenvalue weighted by Crippen LogP contribution is 2.51. The summed E-state index contributed by atoms with van der Waals surface area (Å²) in [5, 5.41) is 60.6. The predicted molar refractivity (Wildman–Crippen MR) is 88.1 cm³/mol. The summed E-state index contributed by atoms with van der Waals surface area (Å²) in [5.74, 6) is -1.74. The molecule has 0 spiro atoms. The fourth-order valence-electron chi connectivity index (χ4n) is 4.25. The molecule has 0 aromatic rings. The number of esters is 1. The molecule has 1 saturated heterocycles. The fraction of sp³-hybridized carbons (Fsp3) is 0.824. The number of aliphatic hydroxyl groups is 6.